The molecule has 0 aliphatic carbocycles. The Morgan fingerprint density at radius 2 is 1.12 bits per heavy atom. The number of unbranched alkanes of at least 4 members (excludes halogenated alkanes) is 6. The van der Waals surface area contributed by atoms with Crippen molar-refractivity contribution in [3.05, 3.63) is 11.4 Å². The monoisotopic (exact) mass is 366 g/mol. The van der Waals surface area contributed by atoms with E-state index < -0.39 is 0 Å². The molecular formula is C18H34N6O2+2. The number of aromatic nitrogens is 4. The molecule has 0 aliphatic rings. The maximum Gasteiger partial charge on any atom is 0.296 e. The zero-order valence-corrected chi connectivity index (χ0v) is 16.2. The summed E-state index contributed by atoms with van der Waals surface area (Å²) >= 11 is 0. The minimum atomic E-state index is 0.380. The zero-order valence-electron chi connectivity index (χ0n) is 16.2. The number of rotatable bonds is 13. The van der Waals surface area contributed by atoms with Crippen LogP contribution in [0.5, 0.6) is 0 Å². The van der Waals surface area contributed by atoms with Crippen LogP contribution in [-0.4, -0.2) is 10.5 Å². The highest BCUT2D eigenvalue weighted by Crippen LogP contribution is 2.13. The first-order chi connectivity index (χ1) is 12.7. The van der Waals surface area contributed by atoms with Gasteiger partial charge in [0.25, 0.3) is 23.2 Å². The lowest BCUT2D eigenvalue weighted by Crippen LogP contribution is -2.42. The summed E-state index contributed by atoms with van der Waals surface area (Å²) in [5.74, 6) is 0.759. The Kier molecular flexibility index (Phi) is 8.37. The molecule has 2 rings (SSSR count). The van der Waals surface area contributed by atoms with Crippen molar-refractivity contribution in [1.82, 2.24) is 10.5 Å². The minimum absolute atomic E-state index is 0.380. The lowest BCUT2D eigenvalue weighted by Gasteiger charge is -1.97. The van der Waals surface area contributed by atoms with Crippen LogP contribution in [0.4, 0.5) is 11.8 Å². The van der Waals surface area contributed by atoms with E-state index in [9.17, 15) is 0 Å². The number of aryl methyl sites for hydroxylation is 2. The average Bonchev–Trinajstić information content (AvgIpc) is 3.16. The van der Waals surface area contributed by atoms with Crippen molar-refractivity contribution in [2.75, 3.05) is 11.5 Å². The van der Waals surface area contributed by atoms with Crippen molar-refractivity contribution >= 4 is 11.8 Å². The van der Waals surface area contributed by atoms with E-state index >= 15 is 0 Å². The van der Waals surface area contributed by atoms with Gasteiger partial charge in [0, 0.05) is 12.8 Å². The van der Waals surface area contributed by atoms with Gasteiger partial charge in [-0.15, -0.1) is 0 Å². The molecule has 0 aromatic carbocycles. The molecule has 8 heteroatoms. The standard InChI is InChI=1S/C18H34N6O2/c1-3-5-7-9-13-23-15(17(19)25-21-23)11-12-16-18(20)26-22-24(16)14-10-8-6-4-2/h3-14,19-20H2,1-2H3/q+2. The van der Waals surface area contributed by atoms with Gasteiger partial charge in [-0.1, -0.05) is 39.5 Å². The van der Waals surface area contributed by atoms with Crippen LogP contribution < -0.4 is 20.8 Å². The average molecular weight is 367 g/mol. The molecule has 2 aromatic heterocycles. The van der Waals surface area contributed by atoms with Crippen molar-refractivity contribution in [2.24, 2.45) is 0 Å². The van der Waals surface area contributed by atoms with Crippen LogP contribution in [0.25, 0.3) is 0 Å². The van der Waals surface area contributed by atoms with E-state index in [0.717, 1.165) is 37.3 Å². The van der Waals surface area contributed by atoms with E-state index in [-0.39, 0.29) is 0 Å². The minimum Gasteiger partial charge on any atom is -0.362 e. The van der Waals surface area contributed by atoms with E-state index in [4.69, 9.17) is 20.5 Å². The van der Waals surface area contributed by atoms with Crippen LogP contribution in [-0.2, 0) is 25.9 Å². The van der Waals surface area contributed by atoms with Gasteiger partial charge in [-0.25, -0.2) is 0 Å². The van der Waals surface area contributed by atoms with Gasteiger partial charge in [0.05, 0.1) is 12.8 Å². The lowest BCUT2D eigenvalue weighted by atomic mass is 10.1. The van der Waals surface area contributed by atoms with Crippen molar-refractivity contribution in [1.29, 1.82) is 0 Å². The predicted molar refractivity (Wildman–Crippen MR) is 97.9 cm³/mol. The SMILES string of the molecule is CCCCCC[n+]1noc(N)c1CCc1c(N)on[n+]1CCCCCC. The van der Waals surface area contributed by atoms with Gasteiger partial charge in [0.15, 0.2) is 13.1 Å². The summed E-state index contributed by atoms with van der Waals surface area (Å²) < 4.78 is 14.1. The zero-order chi connectivity index (χ0) is 18.8. The first-order valence-electron chi connectivity index (χ1n) is 9.95. The highest BCUT2D eigenvalue weighted by Gasteiger charge is 2.27. The second kappa shape index (κ2) is 10.8. The molecule has 0 bridgehead atoms. The van der Waals surface area contributed by atoms with Gasteiger partial charge in [-0.3, -0.25) is 9.05 Å². The quantitative estimate of drug-likeness (QED) is 0.416. The van der Waals surface area contributed by atoms with Crippen LogP contribution in [0.15, 0.2) is 9.05 Å². The van der Waals surface area contributed by atoms with Crippen molar-refractivity contribution < 1.29 is 18.4 Å². The van der Waals surface area contributed by atoms with Crippen molar-refractivity contribution in [3.63, 3.8) is 0 Å². The summed E-state index contributed by atoms with van der Waals surface area (Å²) in [6.45, 7) is 6.05. The number of hydrogen-bond acceptors (Lipinski definition) is 6. The molecule has 2 aromatic rings. The van der Waals surface area contributed by atoms with Gasteiger partial charge < -0.3 is 11.5 Å². The van der Waals surface area contributed by atoms with Crippen molar-refractivity contribution in [3.8, 4) is 0 Å². The van der Waals surface area contributed by atoms with Crippen LogP contribution in [0.2, 0.25) is 0 Å². The molecular weight excluding hydrogens is 332 g/mol. The van der Waals surface area contributed by atoms with Crippen LogP contribution in [0.1, 0.15) is 76.6 Å². The number of nitrogens with zero attached hydrogens (tertiary/aromatic N) is 4. The molecule has 0 aliphatic heterocycles. The summed E-state index contributed by atoms with van der Waals surface area (Å²) in [5, 5.41) is 8.14. The molecule has 0 fully saturated rings. The molecule has 146 valence electrons. The number of nitrogen functional groups attached to an aromatic ring is 2. The molecule has 4 N–H and O–H groups in total. The van der Waals surface area contributed by atoms with E-state index in [0.29, 0.717) is 24.6 Å². The Labute approximate surface area is 155 Å². The maximum absolute atomic E-state index is 5.97. The second-order valence-corrected chi connectivity index (χ2v) is 6.84. The highest BCUT2D eigenvalue weighted by atomic mass is 16.5. The molecule has 0 atom stereocenters. The third-order valence-electron chi connectivity index (χ3n) is 4.71. The Morgan fingerprint density at radius 3 is 1.50 bits per heavy atom. The van der Waals surface area contributed by atoms with Crippen LogP contribution in [0.3, 0.4) is 0 Å². The molecule has 0 saturated heterocycles. The fraction of sp³-hybridized carbons (Fsp3) is 0.778. The smallest absolute Gasteiger partial charge is 0.296 e. The van der Waals surface area contributed by atoms with Gasteiger partial charge in [0.1, 0.15) is 0 Å². The Hall–Kier alpha value is -2.12. The van der Waals surface area contributed by atoms with Gasteiger partial charge >= 0.3 is 0 Å². The van der Waals surface area contributed by atoms with Gasteiger partial charge in [0.2, 0.25) is 10.5 Å². The Balaban J connectivity index is 1.94. The number of nitrogens with two attached hydrogens (primary N) is 2. The third kappa shape index (κ3) is 5.71. The highest BCUT2D eigenvalue weighted by molar-refractivity contribution is 5.29. The van der Waals surface area contributed by atoms with E-state index in [2.05, 4.69) is 24.4 Å². The molecule has 0 amide bonds. The molecule has 0 saturated carbocycles. The van der Waals surface area contributed by atoms with Crippen LogP contribution >= 0.6 is 0 Å². The molecule has 2 heterocycles. The largest absolute Gasteiger partial charge is 0.362 e. The summed E-state index contributed by atoms with van der Waals surface area (Å²) in [7, 11) is 0. The predicted octanol–water partition coefficient (Wildman–Crippen LogP) is 2.35. The number of hydrogen-bond donors (Lipinski definition) is 2. The Bertz CT molecular complexity index is 596. The molecule has 0 radical (unpaired) electrons. The maximum atomic E-state index is 5.97. The summed E-state index contributed by atoms with van der Waals surface area (Å²) in [5.41, 5.74) is 13.8. The molecule has 0 spiro atoms. The van der Waals surface area contributed by atoms with E-state index in [1.807, 2.05) is 9.36 Å². The lowest BCUT2D eigenvalue weighted by molar-refractivity contribution is -0.772. The summed E-state index contributed by atoms with van der Waals surface area (Å²) in [4.78, 5) is 0. The Morgan fingerprint density at radius 1 is 0.692 bits per heavy atom. The van der Waals surface area contributed by atoms with Gasteiger partial charge in [-0.2, -0.15) is 0 Å². The second-order valence-electron chi connectivity index (χ2n) is 6.84. The first kappa shape index (κ1) is 20.2. The topological polar surface area (TPSA) is 112 Å². The van der Waals surface area contributed by atoms with E-state index in [1.54, 1.807) is 0 Å². The fourth-order valence-electron chi connectivity index (χ4n) is 3.11. The number of anilines is 2. The van der Waals surface area contributed by atoms with Gasteiger partial charge in [-0.05, 0) is 22.2 Å². The van der Waals surface area contributed by atoms with E-state index in [1.165, 1.54) is 38.5 Å². The third-order valence-corrected chi connectivity index (χ3v) is 4.71. The molecule has 0 unspecified atom stereocenters. The fourth-order valence-corrected chi connectivity index (χ4v) is 3.11. The molecule has 8 nitrogen and oxygen atoms in total. The molecule has 26 heavy (non-hydrogen) atoms. The van der Waals surface area contributed by atoms with Crippen molar-refractivity contribution in [2.45, 2.75) is 91.1 Å². The summed E-state index contributed by atoms with van der Waals surface area (Å²) in [6, 6.07) is 0. The first-order valence-corrected chi connectivity index (χ1v) is 9.95. The normalized spacial score (nSPS) is 11.3. The van der Waals surface area contributed by atoms with Crippen LogP contribution in [0, 0.1) is 0 Å². The summed E-state index contributed by atoms with van der Waals surface area (Å²) in [6.07, 6.45) is 10.8.